The molecule has 110 valence electrons. The molecule has 2 heterocycles. The number of amides is 2. The minimum atomic E-state index is -0.487. The van der Waals surface area contributed by atoms with Gasteiger partial charge < -0.3 is 19.7 Å². The number of carbonyl (C=O) groups excluding carboxylic acids is 2. The molecule has 0 bridgehead atoms. The smallest absolute Gasteiger partial charge is 0.255 e. The maximum Gasteiger partial charge on any atom is 0.255 e. The molecule has 1 aliphatic rings. The zero-order valence-electron chi connectivity index (χ0n) is 11.8. The molecular weight excluding hydrogens is 260 g/mol. The van der Waals surface area contributed by atoms with Crippen LogP contribution in [-0.2, 0) is 4.79 Å². The Bertz CT molecular complexity index is 497. The summed E-state index contributed by atoms with van der Waals surface area (Å²) in [4.78, 5) is 25.4. The largest absolute Gasteiger partial charge is 0.469 e. The van der Waals surface area contributed by atoms with Gasteiger partial charge in [-0.15, -0.1) is 0 Å². The summed E-state index contributed by atoms with van der Waals surface area (Å²) in [6.45, 7) is 4.55. The van der Waals surface area contributed by atoms with Gasteiger partial charge in [0, 0.05) is 13.1 Å². The van der Waals surface area contributed by atoms with Crippen molar-refractivity contribution in [2.24, 2.45) is 5.92 Å². The number of aliphatic hydroxyl groups excluding tert-OH is 1. The number of hydrogen-bond acceptors (Lipinski definition) is 4. The third-order valence-corrected chi connectivity index (χ3v) is 3.77. The fraction of sp³-hybridized carbons (Fsp3) is 0.571. The van der Waals surface area contributed by atoms with Gasteiger partial charge in [0.15, 0.2) is 0 Å². The lowest BCUT2D eigenvalue weighted by atomic mass is 9.96. The van der Waals surface area contributed by atoms with Crippen molar-refractivity contribution in [3.8, 4) is 0 Å². The molecule has 2 rings (SSSR count). The van der Waals surface area contributed by atoms with Crippen LogP contribution < -0.4 is 5.32 Å². The third-order valence-electron chi connectivity index (χ3n) is 3.77. The van der Waals surface area contributed by atoms with Crippen LogP contribution in [0.25, 0.3) is 0 Å². The van der Waals surface area contributed by atoms with E-state index in [1.54, 1.807) is 17.9 Å². The molecule has 2 amide bonds. The highest BCUT2D eigenvalue weighted by Crippen LogP contribution is 2.16. The first kappa shape index (κ1) is 14.6. The number of β-amino-alcohol motifs (C(OH)–C–C–N with tert-alkyl or cyclic N) is 1. The summed E-state index contributed by atoms with van der Waals surface area (Å²) in [5, 5.41) is 12.3. The summed E-state index contributed by atoms with van der Waals surface area (Å²) in [7, 11) is 0. The Morgan fingerprint density at radius 2 is 2.30 bits per heavy atom. The number of rotatable bonds is 3. The average Bonchev–Trinajstić information content (AvgIpc) is 2.85. The molecule has 0 aromatic carbocycles. The van der Waals surface area contributed by atoms with Crippen molar-refractivity contribution < 1.29 is 19.1 Å². The number of furan rings is 1. The molecule has 1 aromatic heterocycles. The Morgan fingerprint density at radius 1 is 1.55 bits per heavy atom. The standard InChI is InChI=1S/C14H20N2O4/c1-9-3-5-16(8-12(9)17)13(18)7-15-14(19)11-4-6-20-10(11)2/h4,6,9,12,17H,3,5,7-8H2,1-2H3,(H,15,19). The number of likely N-dealkylation sites (tertiary alicyclic amines) is 1. The second kappa shape index (κ2) is 6.09. The second-order valence-electron chi connectivity index (χ2n) is 5.25. The van der Waals surface area contributed by atoms with Crippen LogP contribution >= 0.6 is 0 Å². The molecule has 0 spiro atoms. The lowest BCUT2D eigenvalue weighted by Gasteiger charge is -2.34. The topological polar surface area (TPSA) is 82.8 Å². The van der Waals surface area contributed by atoms with Crippen molar-refractivity contribution >= 4 is 11.8 Å². The van der Waals surface area contributed by atoms with Gasteiger partial charge >= 0.3 is 0 Å². The molecule has 1 saturated heterocycles. The summed E-state index contributed by atoms with van der Waals surface area (Å²) in [5.41, 5.74) is 0.435. The fourth-order valence-corrected chi connectivity index (χ4v) is 2.26. The van der Waals surface area contributed by atoms with Crippen LogP contribution in [0.4, 0.5) is 0 Å². The summed E-state index contributed by atoms with van der Waals surface area (Å²) in [6.07, 6.45) is 1.73. The van der Waals surface area contributed by atoms with Gasteiger partial charge in [-0.25, -0.2) is 0 Å². The number of aliphatic hydroxyl groups is 1. The van der Waals surface area contributed by atoms with Crippen molar-refractivity contribution in [2.75, 3.05) is 19.6 Å². The van der Waals surface area contributed by atoms with Crippen molar-refractivity contribution in [1.82, 2.24) is 10.2 Å². The van der Waals surface area contributed by atoms with Crippen LogP contribution in [-0.4, -0.2) is 47.6 Å². The van der Waals surface area contributed by atoms with Crippen molar-refractivity contribution in [2.45, 2.75) is 26.4 Å². The SMILES string of the molecule is Cc1occc1C(=O)NCC(=O)N1CCC(C)C(O)C1. The number of hydrogen-bond donors (Lipinski definition) is 2. The Hall–Kier alpha value is -1.82. The Labute approximate surface area is 117 Å². The normalized spacial score (nSPS) is 22.6. The van der Waals surface area contributed by atoms with Gasteiger partial charge in [0.2, 0.25) is 5.91 Å². The number of piperidine rings is 1. The van der Waals surface area contributed by atoms with E-state index >= 15 is 0 Å². The van der Waals surface area contributed by atoms with E-state index in [2.05, 4.69) is 5.32 Å². The first-order valence-electron chi connectivity index (χ1n) is 6.77. The fourth-order valence-electron chi connectivity index (χ4n) is 2.26. The monoisotopic (exact) mass is 280 g/mol. The molecule has 1 fully saturated rings. The molecule has 0 saturated carbocycles. The molecule has 0 radical (unpaired) electrons. The highest BCUT2D eigenvalue weighted by atomic mass is 16.3. The van der Waals surface area contributed by atoms with Gasteiger partial charge in [0.05, 0.1) is 24.5 Å². The maximum atomic E-state index is 12.0. The Balaban J connectivity index is 1.84. The molecular formula is C14H20N2O4. The molecule has 2 N–H and O–H groups in total. The molecule has 0 aliphatic carbocycles. The van der Waals surface area contributed by atoms with Gasteiger partial charge in [-0.1, -0.05) is 6.92 Å². The quantitative estimate of drug-likeness (QED) is 0.847. The van der Waals surface area contributed by atoms with Gasteiger partial charge in [-0.05, 0) is 25.3 Å². The van der Waals surface area contributed by atoms with Crippen LogP contribution in [0.2, 0.25) is 0 Å². The van der Waals surface area contributed by atoms with E-state index in [4.69, 9.17) is 4.42 Å². The number of carbonyl (C=O) groups is 2. The first-order chi connectivity index (χ1) is 9.49. The van der Waals surface area contributed by atoms with Crippen molar-refractivity contribution in [1.29, 1.82) is 0 Å². The van der Waals surface area contributed by atoms with Crippen LogP contribution in [0.5, 0.6) is 0 Å². The Kier molecular flexibility index (Phi) is 4.44. The van der Waals surface area contributed by atoms with Crippen molar-refractivity contribution in [3.05, 3.63) is 23.7 Å². The van der Waals surface area contributed by atoms with Crippen LogP contribution in [0.1, 0.15) is 29.5 Å². The zero-order valence-corrected chi connectivity index (χ0v) is 11.8. The second-order valence-corrected chi connectivity index (χ2v) is 5.25. The molecule has 1 aromatic rings. The molecule has 6 nitrogen and oxygen atoms in total. The first-order valence-corrected chi connectivity index (χ1v) is 6.77. The Morgan fingerprint density at radius 3 is 2.90 bits per heavy atom. The average molecular weight is 280 g/mol. The number of aryl methyl sites for hydroxylation is 1. The van der Waals surface area contributed by atoms with Crippen LogP contribution in [0, 0.1) is 12.8 Å². The summed E-state index contributed by atoms with van der Waals surface area (Å²) in [6, 6.07) is 1.57. The van der Waals surface area contributed by atoms with Crippen molar-refractivity contribution in [3.63, 3.8) is 0 Å². The zero-order chi connectivity index (χ0) is 14.7. The number of nitrogens with zero attached hydrogens (tertiary/aromatic N) is 1. The molecule has 6 heteroatoms. The third kappa shape index (κ3) is 3.19. The van der Waals surface area contributed by atoms with Gasteiger partial charge in [-0.2, -0.15) is 0 Å². The van der Waals surface area contributed by atoms with E-state index in [9.17, 15) is 14.7 Å². The summed E-state index contributed by atoms with van der Waals surface area (Å²) < 4.78 is 5.05. The lowest BCUT2D eigenvalue weighted by molar-refractivity contribution is -0.134. The van der Waals surface area contributed by atoms with E-state index in [0.29, 0.717) is 24.4 Å². The van der Waals surface area contributed by atoms with E-state index in [1.807, 2.05) is 6.92 Å². The predicted molar refractivity (Wildman–Crippen MR) is 72.1 cm³/mol. The van der Waals surface area contributed by atoms with E-state index < -0.39 is 6.10 Å². The van der Waals surface area contributed by atoms with Gasteiger partial charge in [0.1, 0.15) is 5.76 Å². The van der Waals surface area contributed by atoms with E-state index in [-0.39, 0.29) is 24.3 Å². The molecule has 2 unspecified atom stereocenters. The van der Waals surface area contributed by atoms with E-state index in [0.717, 1.165) is 6.42 Å². The molecule has 1 aliphatic heterocycles. The minimum Gasteiger partial charge on any atom is -0.469 e. The summed E-state index contributed by atoms with van der Waals surface area (Å²) >= 11 is 0. The van der Waals surface area contributed by atoms with Gasteiger partial charge in [0.25, 0.3) is 5.91 Å². The lowest BCUT2D eigenvalue weighted by Crippen LogP contribution is -2.49. The van der Waals surface area contributed by atoms with Crippen LogP contribution in [0.3, 0.4) is 0 Å². The highest BCUT2D eigenvalue weighted by molar-refractivity contribution is 5.97. The maximum absolute atomic E-state index is 12.0. The minimum absolute atomic E-state index is 0.0649. The predicted octanol–water partition coefficient (Wildman–Crippen LogP) is 0.547. The molecule has 2 atom stereocenters. The highest BCUT2D eigenvalue weighted by Gasteiger charge is 2.27. The van der Waals surface area contributed by atoms with E-state index in [1.165, 1.54) is 6.26 Å². The van der Waals surface area contributed by atoms with Gasteiger partial charge in [-0.3, -0.25) is 9.59 Å². The molecule has 20 heavy (non-hydrogen) atoms. The van der Waals surface area contributed by atoms with Crippen LogP contribution in [0.15, 0.2) is 16.7 Å². The number of nitrogens with one attached hydrogen (secondary N) is 1. The summed E-state index contributed by atoms with van der Waals surface area (Å²) in [5.74, 6) is 0.236.